The number of benzene rings is 3. The van der Waals surface area contributed by atoms with Crippen molar-refractivity contribution in [3.63, 3.8) is 0 Å². The largest absolute Gasteiger partial charge is 0.507 e. The summed E-state index contributed by atoms with van der Waals surface area (Å²) in [5.74, 6) is -0.749. The van der Waals surface area contributed by atoms with Gasteiger partial charge in [-0.2, -0.15) is 5.26 Å². The highest BCUT2D eigenvalue weighted by Gasteiger charge is 2.47. The summed E-state index contributed by atoms with van der Waals surface area (Å²) in [6.07, 6.45) is 0. The summed E-state index contributed by atoms with van der Waals surface area (Å²) < 4.78 is 11.1. The van der Waals surface area contributed by atoms with Crippen molar-refractivity contribution >= 4 is 23.1 Å². The highest BCUT2D eigenvalue weighted by molar-refractivity contribution is 6.51. The lowest BCUT2D eigenvalue weighted by molar-refractivity contribution is -0.132. The second-order valence-electron chi connectivity index (χ2n) is 7.98. The number of rotatable bonds is 6. The number of anilines is 1. The minimum absolute atomic E-state index is 0.0487. The summed E-state index contributed by atoms with van der Waals surface area (Å²) in [5, 5.41) is 20.5. The minimum Gasteiger partial charge on any atom is -0.507 e. The van der Waals surface area contributed by atoms with Crippen LogP contribution in [0, 0.1) is 18.3 Å². The molecule has 176 valence electrons. The molecule has 7 heteroatoms. The summed E-state index contributed by atoms with van der Waals surface area (Å²) in [6.45, 7) is 4.22. The molecule has 1 fully saturated rings. The third-order valence-electron chi connectivity index (χ3n) is 5.90. The summed E-state index contributed by atoms with van der Waals surface area (Å²) in [6, 6.07) is 19.6. The number of aliphatic hydroxyl groups excluding tert-OH is 1. The quantitative estimate of drug-likeness (QED) is 0.314. The number of ketones is 1. The van der Waals surface area contributed by atoms with Crippen molar-refractivity contribution in [1.29, 1.82) is 5.26 Å². The van der Waals surface area contributed by atoms with Crippen molar-refractivity contribution in [2.45, 2.75) is 19.9 Å². The smallest absolute Gasteiger partial charge is 0.300 e. The number of nitriles is 1. The van der Waals surface area contributed by atoms with Gasteiger partial charge in [-0.15, -0.1) is 0 Å². The molecule has 0 saturated carbocycles. The molecule has 0 spiro atoms. The van der Waals surface area contributed by atoms with Gasteiger partial charge in [0.1, 0.15) is 17.3 Å². The van der Waals surface area contributed by atoms with Gasteiger partial charge >= 0.3 is 0 Å². The van der Waals surface area contributed by atoms with Crippen LogP contribution in [0.3, 0.4) is 0 Å². The van der Waals surface area contributed by atoms with Crippen LogP contribution in [0.1, 0.15) is 35.2 Å². The van der Waals surface area contributed by atoms with Crippen LogP contribution in [0.25, 0.3) is 5.76 Å². The Labute approximate surface area is 203 Å². The van der Waals surface area contributed by atoms with Crippen molar-refractivity contribution < 1.29 is 24.2 Å². The first kappa shape index (κ1) is 23.6. The van der Waals surface area contributed by atoms with Gasteiger partial charge in [-0.05, 0) is 67.9 Å². The lowest BCUT2D eigenvalue weighted by Crippen LogP contribution is -2.29. The number of methoxy groups -OCH3 is 1. The molecule has 0 radical (unpaired) electrons. The Kier molecular flexibility index (Phi) is 6.56. The van der Waals surface area contributed by atoms with Crippen molar-refractivity contribution in [2.24, 2.45) is 0 Å². The molecule has 0 aliphatic carbocycles. The predicted octanol–water partition coefficient (Wildman–Crippen LogP) is 4.90. The standard InChI is InChI=1S/C28H24N2O5/c1-4-35-22-14-11-19(15-17(22)2)26(31)24-25(21-7-5-6-8-23(21)34-3)30(28(33)27(24)32)20-12-9-18(16-29)10-13-20/h5-15,25,31H,4H2,1-3H3/b26-24+. The highest BCUT2D eigenvalue weighted by atomic mass is 16.5. The lowest BCUT2D eigenvalue weighted by Gasteiger charge is -2.26. The molecule has 1 amide bonds. The van der Waals surface area contributed by atoms with E-state index in [1.54, 1.807) is 66.7 Å². The molecule has 1 unspecified atom stereocenters. The molecule has 1 aliphatic rings. The van der Waals surface area contributed by atoms with Gasteiger partial charge in [0, 0.05) is 16.8 Å². The van der Waals surface area contributed by atoms with E-state index < -0.39 is 17.7 Å². The minimum atomic E-state index is -0.939. The average molecular weight is 469 g/mol. The molecule has 1 N–H and O–H groups in total. The maximum Gasteiger partial charge on any atom is 0.300 e. The van der Waals surface area contributed by atoms with Crippen LogP contribution >= 0.6 is 0 Å². The van der Waals surface area contributed by atoms with E-state index in [0.29, 0.717) is 40.5 Å². The fourth-order valence-corrected chi connectivity index (χ4v) is 4.25. The number of Topliss-reactive ketones (excluding diaryl/α,β-unsaturated/α-hetero) is 1. The fourth-order valence-electron chi connectivity index (χ4n) is 4.25. The maximum absolute atomic E-state index is 13.3. The molecule has 3 aromatic rings. The third kappa shape index (κ3) is 4.22. The van der Waals surface area contributed by atoms with Gasteiger partial charge in [-0.3, -0.25) is 14.5 Å². The number of aliphatic hydroxyl groups is 1. The summed E-state index contributed by atoms with van der Waals surface area (Å²) in [5.41, 5.74) is 2.51. The van der Waals surface area contributed by atoms with Gasteiger partial charge in [-0.1, -0.05) is 18.2 Å². The first-order valence-corrected chi connectivity index (χ1v) is 11.1. The van der Waals surface area contributed by atoms with Crippen LogP contribution in [0.5, 0.6) is 11.5 Å². The Morgan fingerprint density at radius 3 is 2.40 bits per heavy atom. The van der Waals surface area contributed by atoms with Crippen molar-refractivity contribution in [1.82, 2.24) is 0 Å². The number of hydrogen-bond donors (Lipinski definition) is 1. The van der Waals surface area contributed by atoms with E-state index in [4.69, 9.17) is 14.7 Å². The zero-order chi connectivity index (χ0) is 25.1. The molecule has 3 aromatic carbocycles. The molecular formula is C28H24N2O5. The van der Waals surface area contributed by atoms with E-state index in [1.807, 2.05) is 19.9 Å². The molecule has 1 atom stereocenters. The monoisotopic (exact) mass is 468 g/mol. The molecular weight excluding hydrogens is 444 g/mol. The number of ether oxygens (including phenoxy) is 2. The molecule has 1 saturated heterocycles. The Bertz CT molecular complexity index is 1370. The Hall–Kier alpha value is -4.57. The zero-order valence-corrected chi connectivity index (χ0v) is 19.6. The van der Waals surface area contributed by atoms with Crippen molar-refractivity contribution in [3.8, 4) is 17.6 Å². The van der Waals surface area contributed by atoms with Gasteiger partial charge in [0.2, 0.25) is 0 Å². The highest BCUT2D eigenvalue weighted by Crippen LogP contribution is 2.45. The van der Waals surface area contributed by atoms with Crippen LogP contribution in [0.15, 0.2) is 72.3 Å². The Balaban J connectivity index is 1.94. The second-order valence-corrected chi connectivity index (χ2v) is 7.98. The van der Waals surface area contributed by atoms with Gasteiger partial charge in [0.05, 0.1) is 37.0 Å². The van der Waals surface area contributed by atoms with E-state index in [2.05, 4.69) is 0 Å². The molecule has 35 heavy (non-hydrogen) atoms. The maximum atomic E-state index is 13.3. The van der Waals surface area contributed by atoms with E-state index in [1.165, 1.54) is 12.0 Å². The normalized spacial score (nSPS) is 16.7. The average Bonchev–Trinajstić information content (AvgIpc) is 3.15. The van der Waals surface area contributed by atoms with Gasteiger partial charge in [0.15, 0.2) is 0 Å². The number of para-hydroxylation sites is 1. The van der Waals surface area contributed by atoms with Gasteiger partial charge in [-0.25, -0.2) is 0 Å². The zero-order valence-electron chi connectivity index (χ0n) is 19.6. The van der Waals surface area contributed by atoms with E-state index >= 15 is 0 Å². The van der Waals surface area contributed by atoms with Gasteiger partial charge < -0.3 is 14.6 Å². The summed E-state index contributed by atoms with van der Waals surface area (Å²) >= 11 is 0. The van der Waals surface area contributed by atoms with E-state index in [-0.39, 0.29) is 11.3 Å². The van der Waals surface area contributed by atoms with Crippen LogP contribution in [-0.4, -0.2) is 30.5 Å². The molecule has 1 heterocycles. The number of hydrogen-bond acceptors (Lipinski definition) is 6. The number of nitrogens with zero attached hydrogens (tertiary/aromatic N) is 2. The van der Waals surface area contributed by atoms with Crippen LogP contribution < -0.4 is 14.4 Å². The van der Waals surface area contributed by atoms with Gasteiger partial charge in [0.25, 0.3) is 11.7 Å². The number of carbonyl (C=O) groups excluding carboxylic acids is 2. The molecule has 0 bridgehead atoms. The third-order valence-corrected chi connectivity index (χ3v) is 5.90. The van der Waals surface area contributed by atoms with Crippen molar-refractivity contribution in [2.75, 3.05) is 18.6 Å². The molecule has 1 aliphatic heterocycles. The van der Waals surface area contributed by atoms with Crippen LogP contribution in [0.2, 0.25) is 0 Å². The summed E-state index contributed by atoms with van der Waals surface area (Å²) in [7, 11) is 1.50. The molecule has 0 aromatic heterocycles. The lowest BCUT2D eigenvalue weighted by atomic mass is 9.94. The number of amides is 1. The first-order chi connectivity index (χ1) is 16.9. The van der Waals surface area contributed by atoms with Crippen molar-refractivity contribution in [3.05, 3.63) is 94.6 Å². The number of aryl methyl sites for hydroxylation is 1. The SMILES string of the molecule is CCOc1ccc(/C(O)=C2\C(=O)C(=O)N(c3ccc(C#N)cc3)C2c2ccccc2OC)cc1C. The second kappa shape index (κ2) is 9.74. The number of carbonyl (C=O) groups is 2. The topological polar surface area (TPSA) is 99.9 Å². The first-order valence-electron chi connectivity index (χ1n) is 11.1. The molecule has 7 nitrogen and oxygen atoms in total. The van der Waals surface area contributed by atoms with E-state index in [9.17, 15) is 14.7 Å². The Morgan fingerprint density at radius 2 is 1.77 bits per heavy atom. The Morgan fingerprint density at radius 1 is 1.06 bits per heavy atom. The van der Waals surface area contributed by atoms with E-state index in [0.717, 1.165) is 5.56 Å². The van der Waals surface area contributed by atoms with Crippen LogP contribution in [-0.2, 0) is 9.59 Å². The predicted molar refractivity (Wildman–Crippen MR) is 131 cm³/mol. The fraction of sp³-hybridized carbons (Fsp3) is 0.179. The summed E-state index contributed by atoms with van der Waals surface area (Å²) in [4.78, 5) is 28.0. The molecule has 4 rings (SSSR count). The van der Waals surface area contributed by atoms with Crippen LogP contribution in [0.4, 0.5) is 5.69 Å².